The Morgan fingerprint density at radius 3 is 2.33 bits per heavy atom. The average molecular weight is 344 g/mol. The number of aryl methyl sites for hydroxylation is 2. The molecule has 5 heteroatoms. The molecule has 0 unspecified atom stereocenters. The van der Waals surface area contributed by atoms with Crippen LogP contribution in [0, 0.1) is 13.8 Å². The number of rotatable bonds is 5. The van der Waals surface area contributed by atoms with Gasteiger partial charge in [-0.05, 0) is 49.9 Å². The lowest BCUT2D eigenvalue weighted by molar-refractivity contribution is 0.600. The summed E-state index contributed by atoms with van der Waals surface area (Å²) in [6.45, 7) is 6.00. The van der Waals surface area contributed by atoms with E-state index in [0.29, 0.717) is 5.69 Å². The second kappa shape index (κ2) is 6.85. The van der Waals surface area contributed by atoms with Gasteiger partial charge >= 0.3 is 0 Å². The molecule has 1 saturated heterocycles. The monoisotopic (exact) mass is 344 g/mol. The molecule has 0 radical (unpaired) electrons. The smallest absolute Gasteiger partial charge is 0.236 e. The number of nitrogens with one attached hydrogen (secondary N) is 1. The van der Waals surface area contributed by atoms with Crippen molar-refractivity contribution in [2.45, 2.75) is 32.4 Å². The molecule has 0 amide bonds. The van der Waals surface area contributed by atoms with Crippen LogP contribution in [0.3, 0.4) is 0 Å². The fraction of sp³-hybridized carbons (Fsp3) is 0.368. The van der Waals surface area contributed by atoms with Crippen LogP contribution in [0.4, 0.5) is 11.4 Å². The van der Waals surface area contributed by atoms with Crippen LogP contribution >= 0.6 is 0 Å². The molecule has 1 fully saturated rings. The standard InChI is InChI=1S/C19H24N2O2S/c1-15-5-8-17(9-6-15)14-24(22,23)20-19-13-18(10-7-16(19)2)21-11-3-4-12-21/h5-10,13,20H,3-4,11-12,14H2,1-2H3. The molecular formula is C19H24N2O2S. The van der Waals surface area contributed by atoms with E-state index in [9.17, 15) is 8.42 Å². The first-order valence-electron chi connectivity index (χ1n) is 8.35. The molecule has 0 spiro atoms. The van der Waals surface area contributed by atoms with E-state index in [4.69, 9.17) is 0 Å². The molecule has 1 aliphatic heterocycles. The van der Waals surface area contributed by atoms with Gasteiger partial charge < -0.3 is 4.90 Å². The Bertz CT molecular complexity index is 808. The molecule has 0 aromatic heterocycles. The maximum atomic E-state index is 12.5. The fourth-order valence-electron chi connectivity index (χ4n) is 3.00. The number of sulfonamides is 1. The summed E-state index contributed by atoms with van der Waals surface area (Å²) in [5, 5.41) is 0. The lowest BCUT2D eigenvalue weighted by atomic mass is 10.2. The van der Waals surface area contributed by atoms with Crippen molar-refractivity contribution in [3.05, 3.63) is 59.2 Å². The van der Waals surface area contributed by atoms with Crippen molar-refractivity contribution in [3.63, 3.8) is 0 Å². The Balaban J connectivity index is 1.78. The highest BCUT2D eigenvalue weighted by atomic mass is 32.2. The molecule has 24 heavy (non-hydrogen) atoms. The lowest BCUT2D eigenvalue weighted by Crippen LogP contribution is -2.19. The van der Waals surface area contributed by atoms with Crippen molar-refractivity contribution in [1.29, 1.82) is 0 Å². The van der Waals surface area contributed by atoms with Crippen LogP contribution in [-0.4, -0.2) is 21.5 Å². The van der Waals surface area contributed by atoms with Crippen LogP contribution < -0.4 is 9.62 Å². The van der Waals surface area contributed by atoms with E-state index in [1.807, 2.05) is 50.2 Å². The predicted molar refractivity (Wildman–Crippen MR) is 100 cm³/mol. The quantitative estimate of drug-likeness (QED) is 0.896. The van der Waals surface area contributed by atoms with Crippen LogP contribution in [0.5, 0.6) is 0 Å². The van der Waals surface area contributed by atoms with E-state index in [1.165, 1.54) is 12.8 Å². The van der Waals surface area contributed by atoms with Crippen LogP contribution in [0.2, 0.25) is 0 Å². The number of benzene rings is 2. The predicted octanol–water partition coefficient (Wildman–Crippen LogP) is 3.85. The first kappa shape index (κ1) is 16.8. The van der Waals surface area contributed by atoms with Crippen molar-refractivity contribution in [2.75, 3.05) is 22.7 Å². The van der Waals surface area contributed by atoms with Crippen molar-refractivity contribution >= 4 is 21.4 Å². The summed E-state index contributed by atoms with van der Waals surface area (Å²) in [5.41, 5.74) is 4.61. The van der Waals surface area contributed by atoms with E-state index < -0.39 is 10.0 Å². The minimum atomic E-state index is -3.43. The van der Waals surface area contributed by atoms with Gasteiger partial charge in [0.25, 0.3) is 0 Å². The van der Waals surface area contributed by atoms with E-state index in [2.05, 4.69) is 15.7 Å². The summed E-state index contributed by atoms with van der Waals surface area (Å²) in [6, 6.07) is 13.6. The topological polar surface area (TPSA) is 49.4 Å². The summed E-state index contributed by atoms with van der Waals surface area (Å²) < 4.78 is 27.8. The lowest BCUT2D eigenvalue weighted by Gasteiger charge is -2.20. The van der Waals surface area contributed by atoms with Crippen molar-refractivity contribution in [2.24, 2.45) is 0 Å². The Kier molecular flexibility index (Phi) is 4.81. The van der Waals surface area contributed by atoms with E-state index in [1.54, 1.807) is 0 Å². The summed E-state index contributed by atoms with van der Waals surface area (Å²) in [7, 11) is -3.43. The van der Waals surface area contributed by atoms with Crippen LogP contribution in [-0.2, 0) is 15.8 Å². The highest BCUT2D eigenvalue weighted by Gasteiger charge is 2.16. The molecular weight excluding hydrogens is 320 g/mol. The summed E-state index contributed by atoms with van der Waals surface area (Å²) in [5.74, 6) is -0.0132. The highest BCUT2D eigenvalue weighted by molar-refractivity contribution is 7.91. The summed E-state index contributed by atoms with van der Waals surface area (Å²) >= 11 is 0. The molecule has 0 atom stereocenters. The van der Waals surface area contributed by atoms with Crippen molar-refractivity contribution in [1.82, 2.24) is 0 Å². The molecule has 2 aromatic rings. The molecule has 1 heterocycles. The molecule has 1 aliphatic rings. The summed E-state index contributed by atoms with van der Waals surface area (Å²) in [6.07, 6.45) is 2.39. The van der Waals surface area contributed by atoms with Gasteiger partial charge in [0.15, 0.2) is 0 Å². The van der Waals surface area contributed by atoms with Gasteiger partial charge in [0.05, 0.1) is 11.4 Å². The Labute approximate surface area is 144 Å². The van der Waals surface area contributed by atoms with Gasteiger partial charge in [-0.15, -0.1) is 0 Å². The summed E-state index contributed by atoms with van der Waals surface area (Å²) in [4.78, 5) is 2.30. The van der Waals surface area contributed by atoms with Crippen LogP contribution in [0.25, 0.3) is 0 Å². The molecule has 0 bridgehead atoms. The maximum absolute atomic E-state index is 12.5. The second-order valence-electron chi connectivity index (χ2n) is 6.54. The zero-order chi connectivity index (χ0) is 17.2. The third kappa shape index (κ3) is 4.09. The molecule has 1 N–H and O–H groups in total. The zero-order valence-electron chi connectivity index (χ0n) is 14.2. The Morgan fingerprint density at radius 2 is 1.67 bits per heavy atom. The SMILES string of the molecule is Cc1ccc(CS(=O)(=O)Nc2cc(N3CCCC3)ccc2C)cc1. The van der Waals surface area contributed by atoms with Gasteiger partial charge in [0.2, 0.25) is 10.0 Å². The van der Waals surface area contributed by atoms with Crippen LogP contribution in [0.15, 0.2) is 42.5 Å². The maximum Gasteiger partial charge on any atom is 0.236 e. The molecule has 3 rings (SSSR count). The Hall–Kier alpha value is -2.01. The number of hydrogen-bond donors (Lipinski definition) is 1. The second-order valence-corrected chi connectivity index (χ2v) is 8.26. The van der Waals surface area contributed by atoms with Gasteiger partial charge in [-0.25, -0.2) is 8.42 Å². The molecule has 2 aromatic carbocycles. The highest BCUT2D eigenvalue weighted by Crippen LogP contribution is 2.27. The van der Waals surface area contributed by atoms with Gasteiger partial charge in [-0.3, -0.25) is 4.72 Å². The van der Waals surface area contributed by atoms with Crippen molar-refractivity contribution < 1.29 is 8.42 Å². The molecule has 0 saturated carbocycles. The van der Waals surface area contributed by atoms with Crippen LogP contribution in [0.1, 0.15) is 29.5 Å². The number of anilines is 2. The number of nitrogens with zero attached hydrogens (tertiary/aromatic N) is 1. The van der Waals surface area contributed by atoms with E-state index in [0.717, 1.165) is 35.5 Å². The number of hydrogen-bond acceptors (Lipinski definition) is 3. The molecule has 4 nitrogen and oxygen atoms in total. The largest absolute Gasteiger partial charge is 0.371 e. The van der Waals surface area contributed by atoms with Gasteiger partial charge in [0, 0.05) is 18.8 Å². The third-order valence-corrected chi connectivity index (χ3v) is 5.68. The molecule has 0 aliphatic carbocycles. The Morgan fingerprint density at radius 1 is 1.00 bits per heavy atom. The fourth-order valence-corrected chi connectivity index (χ4v) is 4.26. The van der Waals surface area contributed by atoms with E-state index >= 15 is 0 Å². The van der Waals surface area contributed by atoms with E-state index in [-0.39, 0.29) is 5.75 Å². The van der Waals surface area contributed by atoms with Gasteiger partial charge in [-0.2, -0.15) is 0 Å². The first-order chi connectivity index (χ1) is 11.4. The van der Waals surface area contributed by atoms with Gasteiger partial charge in [0.1, 0.15) is 0 Å². The van der Waals surface area contributed by atoms with Gasteiger partial charge in [-0.1, -0.05) is 35.9 Å². The third-order valence-electron chi connectivity index (χ3n) is 4.44. The van der Waals surface area contributed by atoms with Crippen molar-refractivity contribution in [3.8, 4) is 0 Å². The normalized spacial score (nSPS) is 14.8. The zero-order valence-corrected chi connectivity index (χ0v) is 15.1. The first-order valence-corrected chi connectivity index (χ1v) is 10.00. The minimum Gasteiger partial charge on any atom is -0.371 e. The molecule has 128 valence electrons. The minimum absolute atomic E-state index is 0.0132. The average Bonchev–Trinajstić information content (AvgIpc) is 3.06.